The predicted octanol–water partition coefficient (Wildman–Crippen LogP) is 5.01. The Kier molecular flexibility index (Phi) is 3.94. The maximum atomic E-state index is 12.2. The molecule has 9 heteroatoms. The van der Waals surface area contributed by atoms with Crippen LogP contribution in [0.2, 0.25) is 0 Å². The molecule has 3 aromatic heterocycles. The van der Waals surface area contributed by atoms with Gasteiger partial charge < -0.3 is 10.1 Å². The summed E-state index contributed by atoms with van der Waals surface area (Å²) in [6.45, 7) is 0. The predicted molar refractivity (Wildman–Crippen MR) is 98.4 cm³/mol. The van der Waals surface area contributed by atoms with Crippen molar-refractivity contribution in [3.05, 3.63) is 51.9 Å². The van der Waals surface area contributed by atoms with Crippen LogP contribution >= 0.6 is 27.3 Å². The zero-order chi connectivity index (χ0) is 17.4. The number of carbonyl (C=O) groups excluding carboxylic acids is 1. The number of nitrogens with zero attached hydrogens (tertiary/aromatic N) is 3. The summed E-state index contributed by atoms with van der Waals surface area (Å²) in [4.78, 5) is 15.9. The lowest BCUT2D eigenvalue weighted by Gasteiger charge is -1.90. The van der Waals surface area contributed by atoms with Gasteiger partial charge in [-0.25, -0.2) is 0 Å². The molecule has 1 amide bonds. The van der Waals surface area contributed by atoms with Crippen molar-refractivity contribution in [3.63, 3.8) is 0 Å². The maximum Gasteiger partial charge on any atom is 0.315 e. The molecule has 0 aliphatic carbocycles. The molecular formula is C16H10BrN5O2S. The number of hydrogen-bond donors (Lipinski definition) is 3. The van der Waals surface area contributed by atoms with Crippen molar-refractivity contribution >= 4 is 49.8 Å². The summed E-state index contributed by atoms with van der Waals surface area (Å²) in [7, 11) is 0. The van der Waals surface area contributed by atoms with Crippen LogP contribution < -0.4 is 0 Å². The van der Waals surface area contributed by atoms with E-state index in [4.69, 9.17) is 0 Å². The summed E-state index contributed by atoms with van der Waals surface area (Å²) in [6, 6.07) is 12.7. The Morgan fingerprint density at radius 1 is 1.24 bits per heavy atom. The third-order valence-electron chi connectivity index (χ3n) is 3.54. The molecule has 0 aliphatic rings. The molecule has 7 nitrogen and oxygen atoms in total. The lowest BCUT2D eigenvalue weighted by molar-refractivity contribution is 0.0990. The van der Waals surface area contributed by atoms with Crippen molar-refractivity contribution in [1.29, 1.82) is 0 Å². The standard InChI is InChI=1S/C16H10BrN5O2S/c17-13-6-5-12(25-13)10-7-11(20-19-10)15(23)22-21-14-8-3-1-2-4-9(8)18-16(14)24/h1-7,18,24H,(H,19,20). The van der Waals surface area contributed by atoms with E-state index >= 15 is 0 Å². The van der Waals surface area contributed by atoms with Crippen LogP contribution in [-0.2, 0) is 0 Å². The fourth-order valence-corrected chi connectivity index (χ4v) is 3.73. The summed E-state index contributed by atoms with van der Waals surface area (Å²) >= 11 is 4.92. The van der Waals surface area contributed by atoms with Gasteiger partial charge in [-0.1, -0.05) is 18.2 Å². The molecule has 0 atom stereocenters. The molecule has 0 fully saturated rings. The number of carbonyl (C=O) groups is 1. The van der Waals surface area contributed by atoms with Gasteiger partial charge in [0.2, 0.25) is 5.88 Å². The topological polar surface area (TPSA) is 106 Å². The first-order valence-corrected chi connectivity index (χ1v) is 8.79. The fraction of sp³-hybridized carbons (Fsp3) is 0. The molecule has 0 saturated carbocycles. The Hall–Kier alpha value is -2.78. The number of thiophene rings is 1. The highest BCUT2D eigenvalue weighted by Gasteiger charge is 2.14. The summed E-state index contributed by atoms with van der Waals surface area (Å²) in [6.07, 6.45) is 0. The molecule has 1 aromatic carbocycles. The van der Waals surface area contributed by atoms with E-state index in [2.05, 4.69) is 41.3 Å². The molecule has 3 heterocycles. The van der Waals surface area contributed by atoms with Gasteiger partial charge in [0.15, 0.2) is 11.4 Å². The van der Waals surface area contributed by atoms with Crippen molar-refractivity contribution in [2.75, 3.05) is 0 Å². The van der Waals surface area contributed by atoms with Gasteiger partial charge in [0.25, 0.3) is 0 Å². The Balaban J connectivity index is 1.60. The normalized spacial score (nSPS) is 11.6. The second-order valence-corrected chi connectivity index (χ2v) is 7.61. The molecule has 25 heavy (non-hydrogen) atoms. The maximum absolute atomic E-state index is 12.2. The third kappa shape index (κ3) is 2.99. The van der Waals surface area contributed by atoms with Crippen molar-refractivity contribution in [3.8, 4) is 16.5 Å². The van der Waals surface area contributed by atoms with Gasteiger partial charge in [-0.05, 0) is 40.2 Å². The molecule has 0 radical (unpaired) electrons. The van der Waals surface area contributed by atoms with Crippen LogP contribution in [0.15, 0.2) is 56.5 Å². The molecule has 0 aliphatic heterocycles. The highest BCUT2D eigenvalue weighted by Crippen LogP contribution is 2.35. The van der Waals surface area contributed by atoms with E-state index in [0.717, 1.165) is 14.4 Å². The Bertz CT molecular complexity index is 1110. The number of aromatic amines is 2. The zero-order valence-electron chi connectivity index (χ0n) is 12.5. The van der Waals surface area contributed by atoms with Gasteiger partial charge in [0.1, 0.15) is 0 Å². The number of aromatic nitrogens is 3. The fourth-order valence-electron chi connectivity index (χ4n) is 2.38. The number of azo groups is 1. The molecular weight excluding hydrogens is 406 g/mol. The van der Waals surface area contributed by atoms with Gasteiger partial charge in [0.05, 0.1) is 19.9 Å². The summed E-state index contributed by atoms with van der Waals surface area (Å²) in [5.41, 5.74) is 1.82. The lowest BCUT2D eigenvalue weighted by atomic mass is 10.2. The minimum atomic E-state index is -0.595. The molecule has 0 spiro atoms. The van der Waals surface area contributed by atoms with E-state index in [0.29, 0.717) is 10.9 Å². The van der Waals surface area contributed by atoms with Crippen molar-refractivity contribution in [2.45, 2.75) is 0 Å². The molecule has 0 bridgehead atoms. The number of nitrogens with one attached hydrogen (secondary N) is 2. The lowest BCUT2D eigenvalue weighted by Crippen LogP contribution is -1.93. The average Bonchev–Trinajstić information content (AvgIpc) is 3.30. The van der Waals surface area contributed by atoms with E-state index < -0.39 is 5.91 Å². The monoisotopic (exact) mass is 415 g/mol. The third-order valence-corrected chi connectivity index (χ3v) is 5.19. The van der Waals surface area contributed by atoms with E-state index in [-0.39, 0.29) is 17.3 Å². The smallest absolute Gasteiger partial charge is 0.315 e. The van der Waals surface area contributed by atoms with Crippen LogP contribution in [0.25, 0.3) is 21.5 Å². The second-order valence-electron chi connectivity index (χ2n) is 5.14. The van der Waals surface area contributed by atoms with Gasteiger partial charge in [0, 0.05) is 5.39 Å². The zero-order valence-corrected chi connectivity index (χ0v) is 14.9. The van der Waals surface area contributed by atoms with Gasteiger partial charge in [-0.3, -0.25) is 9.89 Å². The van der Waals surface area contributed by atoms with Crippen molar-refractivity contribution in [1.82, 2.24) is 15.2 Å². The number of hydrogen-bond acceptors (Lipinski definition) is 5. The summed E-state index contributed by atoms with van der Waals surface area (Å²) < 4.78 is 0.986. The van der Waals surface area contributed by atoms with E-state index in [1.165, 1.54) is 11.3 Å². The number of fused-ring (bicyclic) bond motifs is 1. The Morgan fingerprint density at radius 2 is 2.08 bits per heavy atom. The quantitative estimate of drug-likeness (QED) is 0.409. The highest BCUT2D eigenvalue weighted by molar-refractivity contribution is 9.11. The average molecular weight is 416 g/mol. The number of para-hydroxylation sites is 1. The van der Waals surface area contributed by atoms with Crippen LogP contribution in [0.3, 0.4) is 0 Å². The molecule has 3 N–H and O–H groups in total. The number of halogens is 1. The number of rotatable bonds is 3. The number of H-pyrrole nitrogens is 2. The molecule has 0 saturated heterocycles. The Labute approximate surface area is 153 Å². The number of benzene rings is 1. The molecule has 4 rings (SSSR count). The van der Waals surface area contributed by atoms with Crippen LogP contribution in [0, 0.1) is 0 Å². The highest BCUT2D eigenvalue weighted by atomic mass is 79.9. The van der Waals surface area contributed by atoms with E-state index in [1.54, 1.807) is 18.2 Å². The van der Waals surface area contributed by atoms with Gasteiger partial charge >= 0.3 is 5.91 Å². The van der Waals surface area contributed by atoms with Gasteiger partial charge in [-0.15, -0.1) is 21.6 Å². The molecule has 0 unspecified atom stereocenters. The minimum Gasteiger partial charge on any atom is -0.493 e. The van der Waals surface area contributed by atoms with Crippen LogP contribution in [0.4, 0.5) is 5.69 Å². The first-order valence-electron chi connectivity index (χ1n) is 7.18. The van der Waals surface area contributed by atoms with E-state index in [9.17, 15) is 9.90 Å². The molecule has 4 aromatic rings. The first kappa shape index (κ1) is 15.7. The van der Waals surface area contributed by atoms with Crippen molar-refractivity contribution < 1.29 is 9.90 Å². The Morgan fingerprint density at radius 3 is 2.88 bits per heavy atom. The number of aromatic hydroxyl groups is 1. The van der Waals surface area contributed by atoms with Crippen molar-refractivity contribution in [2.24, 2.45) is 10.2 Å². The van der Waals surface area contributed by atoms with E-state index in [1.807, 2.05) is 24.3 Å². The van der Waals surface area contributed by atoms with Gasteiger partial charge in [-0.2, -0.15) is 5.10 Å². The summed E-state index contributed by atoms with van der Waals surface area (Å²) in [5.74, 6) is -0.730. The van der Waals surface area contributed by atoms with Crippen LogP contribution in [-0.4, -0.2) is 26.2 Å². The largest absolute Gasteiger partial charge is 0.493 e. The van der Waals surface area contributed by atoms with Crippen LogP contribution in [0.5, 0.6) is 5.88 Å². The minimum absolute atomic E-state index is 0.135. The second kappa shape index (κ2) is 6.26. The molecule has 124 valence electrons. The number of amides is 1. The SMILES string of the molecule is O=C(N=Nc1c(O)[nH]c2ccccc12)c1cc(-c2ccc(Br)s2)[nH]n1. The van der Waals surface area contributed by atoms with Crippen LogP contribution in [0.1, 0.15) is 10.5 Å². The summed E-state index contributed by atoms with van der Waals surface area (Å²) in [5, 5.41) is 25.0. The first-order chi connectivity index (χ1) is 12.1.